The number of hydrogen-bond acceptors (Lipinski definition) is 8. The van der Waals surface area contributed by atoms with Crippen molar-refractivity contribution in [1.29, 1.82) is 0 Å². The fourth-order valence-electron chi connectivity index (χ4n) is 3.61. The summed E-state index contributed by atoms with van der Waals surface area (Å²) in [6, 6.07) is 8.14. The van der Waals surface area contributed by atoms with Crippen LogP contribution in [0.1, 0.15) is 29.7 Å². The number of ether oxygens (including phenoxy) is 2. The summed E-state index contributed by atoms with van der Waals surface area (Å²) in [5.74, 6) is 1.74. The minimum absolute atomic E-state index is 0.169. The molecule has 0 aliphatic carbocycles. The molecular formula is C19H19N3O5S2. The van der Waals surface area contributed by atoms with Gasteiger partial charge < -0.3 is 13.9 Å². The van der Waals surface area contributed by atoms with E-state index in [9.17, 15) is 8.42 Å². The van der Waals surface area contributed by atoms with Crippen LogP contribution in [0.4, 0.5) is 0 Å². The molecule has 29 heavy (non-hydrogen) atoms. The summed E-state index contributed by atoms with van der Waals surface area (Å²) in [6.45, 7) is 3.26. The molecule has 0 spiro atoms. The quantitative estimate of drug-likeness (QED) is 0.622. The average molecular weight is 434 g/mol. The molecule has 5 rings (SSSR count). The van der Waals surface area contributed by atoms with E-state index in [1.54, 1.807) is 23.5 Å². The summed E-state index contributed by atoms with van der Waals surface area (Å²) in [5, 5.41) is 8.28. The van der Waals surface area contributed by atoms with Gasteiger partial charge in [-0.25, -0.2) is 8.42 Å². The summed E-state index contributed by atoms with van der Waals surface area (Å²) < 4.78 is 45.0. The molecule has 152 valence electrons. The predicted octanol–water partition coefficient (Wildman–Crippen LogP) is 3.40. The number of aromatic nitrogens is 2. The molecule has 0 bridgehead atoms. The molecule has 2 aromatic heterocycles. The van der Waals surface area contributed by atoms with Gasteiger partial charge in [-0.05, 0) is 44.0 Å². The Morgan fingerprint density at radius 1 is 1.10 bits per heavy atom. The first-order valence-electron chi connectivity index (χ1n) is 9.34. The highest BCUT2D eigenvalue weighted by Gasteiger charge is 2.39. The van der Waals surface area contributed by atoms with E-state index >= 15 is 0 Å². The van der Waals surface area contributed by atoms with Crippen LogP contribution in [0.15, 0.2) is 39.6 Å². The van der Waals surface area contributed by atoms with Gasteiger partial charge >= 0.3 is 0 Å². The van der Waals surface area contributed by atoms with Gasteiger partial charge in [0.15, 0.2) is 11.5 Å². The van der Waals surface area contributed by atoms with Crippen molar-refractivity contribution < 1.29 is 22.3 Å². The van der Waals surface area contributed by atoms with E-state index < -0.39 is 16.1 Å². The minimum atomic E-state index is -3.75. The number of hydrogen-bond donors (Lipinski definition) is 0. The topological polar surface area (TPSA) is 94.8 Å². The Labute approximate surface area is 172 Å². The third-order valence-electron chi connectivity index (χ3n) is 5.00. The van der Waals surface area contributed by atoms with Crippen LogP contribution in [0.3, 0.4) is 0 Å². The van der Waals surface area contributed by atoms with Crippen molar-refractivity contribution in [3.05, 3.63) is 41.1 Å². The lowest BCUT2D eigenvalue weighted by molar-refractivity contribution is 0.171. The SMILES string of the molecule is Cc1ccc(-c2nnc([C@@H]3CCCN3S(=O)(=O)c3ccc4c(c3)OCCO4)o2)s1. The van der Waals surface area contributed by atoms with Crippen LogP contribution < -0.4 is 9.47 Å². The Morgan fingerprint density at radius 2 is 1.93 bits per heavy atom. The highest BCUT2D eigenvalue weighted by molar-refractivity contribution is 7.89. The van der Waals surface area contributed by atoms with Crippen molar-refractivity contribution in [1.82, 2.24) is 14.5 Å². The molecule has 1 fully saturated rings. The van der Waals surface area contributed by atoms with Crippen LogP contribution in [-0.2, 0) is 10.0 Å². The number of sulfonamides is 1. The molecule has 0 saturated carbocycles. The largest absolute Gasteiger partial charge is 0.486 e. The van der Waals surface area contributed by atoms with Gasteiger partial charge in [0.2, 0.25) is 15.9 Å². The summed E-state index contributed by atoms with van der Waals surface area (Å²) >= 11 is 1.56. The first-order valence-corrected chi connectivity index (χ1v) is 11.6. The zero-order chi connectivity index (χ0) is 20.0. The Hall–Kier alpha value is -2.43. The first-order chi connectivity index (χ1) is 14.0. The smallest absolute Gasteiger partial charge is 0.257 e. The second-order valence-corrected chi connectivity index (χ2v) is 10.1. The minimum Gasteiger partial charge on any atom is -0.486 e. The molecule has 2 aliphatic heterocycles. The lowest BCUT2D eigenvalue weighted by Crippen LogP contribution is -2.31. The molecular weight excluding hydrogens is 414 g/mol. The molecule has 1 atom stereocenters. The lowest BCUT2D eigenvalue weighted by atomic mass is 10.2. The zero-order valence-corrected chi connectivity index (χ0v) is 17.3. The number of fused-ring (bicyclic) bond motifs is 1. The van der Waals surface area contributed by atoms with Gasteiger partial charge in [-0.2, -0.15) is 4.31 Å². The highest BCUT2D eigenvalue weighted by atomic mass is 32.2. The zero-order valence-electron chi connectivity index (χ0n) is 15.7. The molecule has 0 N–H and O–H groups in total. The molecule has 10 heteroatoms. The molecule has 1 saturated heterocycles. The third-order valence-corrected chi connectivity index (χ3v) is 7.89. The summed E-state index contributed by atoms with van der Waals surface area (Å²) in [7, 11) is -3.75. The van der Waals surface area contributed by atoms with Crippen molar-refractivity contribution in [2.75, 3.05) is 19.8 Å². The van der Waals surface area contributed by atoms with Gasteiger partial charge in [0.1, 0.15) is 19.3 Å². The lowest BCUT2D eigenvalue weighted by Gasteiger charge is -2.23. The van der Waals surface area contributed by atoms with Crippen molar-refractivity contribution in [3.63, 3.8) is 0 Å². The normalized spacial score (nSPS) is 19.6. The molecule has 4 heterocycles. The number of benzene rings is 1. The Morgan fingerprint density at radius 3 is 2.72 bits per heavy atom. The third kappa shape index (κ3) is 3.30. The maximum atomic E-state index is 13.3. The number of nitrogens with zero attached hydrogens (tertiary/aromatic N) is 3. The first kappa shape index (κ1) is 18.6. The molecule has 0 radical (unpaired) electrons. The maximum absolute atomic E-state index is 13.3. The molecule has 0 amide bonds. The van der Waals surface area contributed by atoms with Crippen LogP contribution >= 0.6 is 11.3 Å². The highest BCUT2D eigenvalue weighted by Crippen LogP contribution is 2.39. The van der Waals surface area contributed by atoms with Gasteiger partial charge in [-0.3, -0.25) is 0 Å². The van der Waals surface area contributed by atoms with Crippen LogP contribution in [0, 0.1) is 6.92 Å². The average Bonchev–Trinajstić information content (AvgIpc) is 3.47. The van der Waals surface area contributed by atoms with Crippen LogP contribution in [0.5, 0.6) is 11.5 Å². The van der Waals surface area contributed by atoms with Gasteiger partial charge in [-0.15, -0.1) is 21.5 Å². The molecule has 3 aromatic rings. The van der Waals surface area contributed by atoms with E-state index in [0.717, 1.165) is 16.2 Å². The maximum Gasteiger partial charge on any atom is 0.257 e. The van der Waals surface area contributed by atoms with Gasteiger partial charge in [0.05, 0.1) is 9.77 Å². The van der Waals surface area contributed by atoms with Crippen molar-refractivity contribution in [3.8, 4) is 22.3 Å². The number of rotatable bonds is 4. The Kier molecular flexibility index (Phi) is 4.56. The van der Waals surface area contributed by atoms with Crippen molar-refractivity contribution in [2.45, 2.75) is 30.7 Å². The van der Waals surface area contributed by atoms with E-state index in [4.69, 9.17) is 13.9 Å². The molecule has 1 aromatic carbocycles. The van der Waals surface area contributed by atoms with Crippen LogP contribution in [0.2, 0.25) is 0 Å². The van der Waals surface area contributed by atoms with E-state index in [-0.39, 0.29) is 4.90 Å². The van der Waals surface area contributed by atoms with E-state index in [1.807, 2.05) is 19.1 Å². The van der Waals surface area contributed by atoms with Crippen molar-refractivity contribution >= 4 is 21.4 Å². The summed E-state index contributed by atoms with van der Waals surface area (Å²) in [5.41, 5.74) is 0. The predicted molar refractivity (Wildman–Crippen MR) is 106 cm³/mol. The summed E-state index contributed by atoms with van der Waals surface area (Å²) in [4.78, 5) is 2.19. The Bertz CT molecular complexity index is 1150. The monoisotopic (exact) mass is 433 g/mol. The van der Waals surface area contributed by atoms with Crippen LogP contribution in [0.25, 0.3) is 10.8 Å². The van der Waals surface area contributed by atoms with E-state index in [2.05, 4.69) is 10.2 Å². The molecule has 8 nitrogen and oxygen atoms in total. The fraction of sp³-hybridized carbons (Fsp3) is 0.368. The van der Waals surface area contributed by atoms with Crippen LogP contribution in [-0.4, -0.2) is 42.7 Å². The van der Waals surface area contributed by atoms with Crippen molar-refractivity contribution in [2.24, 2.45) is 0 Å². The van der Waals surface area contributed by atoms with Gasteiger partial charge in [0, 0.05) is 17.5 Å². The second kappa shape index (κ2) is 7.12. The number of aryl methyl sites for hydroxylation is 1. The van der Waals surface area contributed by atoms with Gasteiger partial charge in [0.25, 0.3) is 5.89 Å². The standard InChI is InChI=1S/C19H19N3O5S2/c1-12-4-7-17(28-12)19-21-20-18(27-19)14-3-2-8-22(14)29(23,24)13-5-6-15-16(11-13)26-10-9-25-15/h4-7,11,14H,2-3,8-10H2,1H3/t14-/m0/s1. The summed E-state index contributed by atoms with van der Waals surface area (Å²) in [6.07, 6.45) is 1.36. The molecule has 2 aliphatic rings. The van der Waals surface area contributed by atoms with Gasteiger partial charge in [-0.1, -0.05) is 0 Å². The number of thiophene rings is 1. The molecule has 0 unspecified atom stereocenters. The van der Waals surface area contributed by atoms with E-state index in [0.29, 0.717) is 49.5 Å². The Balaban J connectivity index is 1.45. The fourth-order valence-corrected chi connectivity index (χ4v) is 6.07. The second-order valence-electron chi connectivity index (χ2n) is 6.93. The van der Waals surface area contributed by atoms with E-state index in [1.165, 1.54) is 10.4 Å².